The lowest BCUT2D eigenvalue weighted by atomic mass is 9.61. The molecule has 230 valence electrons. The molecule has 1 saturated heterocycles. The highest BCUT2D eigenvalue weighted by Crippen LogP contribution is 2.49. The maximum atomic E-state index is 13.4. The van der Waals surface area contributed by atoms with Gasteiger partial charge in [-0.15, -0.1) is 0 Å². The molecule has 1 aromatic heterocycles. The molecule has 2 unspecified atom stereocenters. The molecule has 4 N–H and O–H groups in total. The molecule has 2 fully saturated rings. The molecule has 0 bridgehead atoms. The average Bonchev–Trinajstić information content (AvgIpc) is 2.97. The van der Waals surface area contributed by atoms with Crippen molar-refractivity contribution in [3.05, 3.63) is 48.2 Å². The zero-order valence-electron chi connectivity index (χ0n) is 25.1. The second-order valence-electron chi connectivity index (χ2n) is 12.0. The van der Waals surface area contributed by atoms with Gasteiger partial charge >= 0.3 is 6.09 Å². The van der Waals surface area contributed by atoms with Gasteiger partial charge in [-0.25, -0.2) is 9.78 Å². The molecule has 1 aromatic carbocycles. The van der Waals surface area contributed by atoms with Crippen LogP contribution in [-0.4, -0.2) is 88.6 Å². The van der Waals surface area contributed by atoms with Crippen molar-refractivity contribution in [1.82, 2.24) is 25.5 Å². The molecule has 2 aromatic rings. The van der Waals surface area contributed by atoms with Crippen molar-refractivity contribution in [2.75, 3.05) is 44.7 Å². The van der Waals surface area contributed by atoms with E-state index in [2.05, 4.69) is 37.4 Å². The Bertz CT molecular complexity index is 1170. The SMILES string of the molecule is CCCCC(CC1(COc2ccnc(N3CCN(C)CC3)n2)CCC1)(NC(=O)O)C(O)C(=O)N[C@H](C)c1ccccc1. The zero-order chi connectivity index (χ0) is 30.2. The number of benzene rings is 1. The number of amides is 2. The molecule has 4 rings (SSSR count). The van der Waals surface area contributed by atoms with Crippen LogP contribution < -0.4 is 20.3 Å². The van der Waals surface area contributed by atoms with E-state index >= 15 is 0 Å². The van der Waals surface area contributed by atoms with Crippen LogP contribution in [-0.2, 0) is 4.79 Å². The number of carbonyl (C=O) groups is 2. The van der Waals surface area contributed by atoms with E-state index in [-0.39, 0.29) is 12.5 Å². The first kappa shape index (κ1) is 31.5. The molecule has 1 aliphatic heterocycles. The van der Waals surface area contributed by atoms with Gasteiger partial charge in [0, 0.05) is 43.9 Å². The number of piperazine rings is 1. The highest BCUT2D eigenvalue weighted by Gasteiger charge is 2.51. The molecule has 0 spiro atoms. The van der Waals surface area contributed by atoms with Crippen molar-refractivity contribution in [3.63, 3.8) is 0 Å². The van der Waals surface area contributed by atoms with Crippen molar-refractivity contribution in [2.45, 2.75) is 76.5 Å². The third kappa shape index (κ3) is 7.89. The second kappa shape index (κ2) is 14.2. The summed E-state index contributed by atoms with van der Waals surface area (Å²) in [7, 11) is 2.10. The number of carbonyl (C=O) groups excluding carboxylic acids is 1. The molecule has 11 nitrogen and oxygen atoms in total. The normalized spacial score (nSPS) is 19.6. The van der Waals surface area contributed by atoms with Gasteiger partial charge in [0.2, 0.25) is 11.8 Å². The van der Waals surface area contributed by atoms with Crippen LogP contribution in [0.25, 0.3) is 0 Å². The molecule has 2 amide bonds. The van der Waals surface area contributed by atoms with E-state index in [1.54, 1.807) is 12.3 Å². The number of aromatic nitrogens is 2. The van der Waals surface area contributed by atoms with Gasteiger partial charge in [0.1, 0.15) is 0 Å². The number of unbranched alkanes of at least 4 members (excludes halogenated alkanes) is 1. The fraction of sp³-hybridized carbons (Fsp3) is 0.613. The van der Waals surface area contributed by atoms with Crippen LogP contribution >= 0.6 is 0 Å². The van der Waals surface area contributed by atoms with Crippen LogP contribution in [0, 0.1) is 5.41 Å². The summed E-state index contributed by atoms with van der Waals surface area (Å²) in [6.07, 6.45) is 3.45. The highest BCUT2D eigenvalue weighted by atomic mass is 16.5. The fourth-order valence-corrected chi connectivity index (χ4v) is 6.09. The Morgan fingerprint density at radius 3 is 2.48 bits per heavy atom. The maximum absolute atomic E-state index is 13.4. The number of nitrogens with zero attached hydrogens (tertiary/aromatic N) is 4. The highest BCUT2D eigenvalue weighted by molar-refractivity contribution is 5.83. The number of carboxylic acid groups (broad SMARTS) is 1. The van der Waals surface area contributed by atoms with Crippen LogP contribution in [0.1, 0.15) is 70.4 Å². The summed E-state index contributed by atoms with van der Waals surface area (Å²) in [5.41, 5.74) is -0.891. The predicted molar refractivity (Wildman–Crippen MR) is 161 cm³/mol. The van der Waals surface area contributed by atoms with Gasteiger partial charge in [0.05, 0.1) is 18.2 Å². The monoisotopic (exact) mass is 582 g/mol. The molecule has 1 saturated carbocycles. The Morgan fingerprint density at radius 2 is 1.86 bits per heavy atom. The summed E-state index contributed by atoms with van der Waals surface area (Å²) in [6, 6.07) is 10.9. The lowest BCUT2D eigenvalue weighted by Gasteiger charge is -2.49. The first-order valence-electron chi connectivity index (χ1n) is 15.1. The van der Waals surface area contributed by atoms with Crippen LogP contribution in [0.3, 0.4) is 0 Å². The Kier molecular flexibility index (Phi) is 10.6. The number of rotatable bonds is 14. The van der Waals surface area contributed by atoms with E-state index in [0.29, 0.717) is 31.3 Å². The number of anilines is 1. The third-order valence-electron chi connectivity index (χ3n) is 8.80. The standard InChI is InChI=1S/C31H46N6O5/c1-4-5-15-31(35-29(40)41,26(38)27(39)33-23(2)24-10-7-6-8-11-24)21-30(13-9-14-30)22-42-25-12-16-32-28(34-25)37-19-17-36(3)18-20-37/h6-8,10-12,16,23,26,35,38H,4-5,9,13-15,17-22H2,1-3H3,(H,33,39)(H,40,41)/t23-,26?,31?/m1/s1. The van der Waals surface area contributed by atoms with Crippen molar-refractivity contribution in [2.24, 2.45) is 5.41 Å². The summed E-state index contributed by atoms with van der Waals surface area (Å²) in [5, 5.41) is 27.0. The first-order valence-corrected chi connectivity index (χ1v) is 15.1. The van der Waals surface area contributed by atoms with Crippen molar-refractivity contribution in [3.8, 4) is 5.88 Å². The van der Waals surface area contributed by atoms with E-state index in [1.165, 1.54) is 0 Å². The number of hydrogen-bond acceptors (Lipinski definition) is 8. The minimum atomic E-state index is -1.58. The van der Waals surface area contributed by atoms with Crippen LogP contribution in [0.5, 0.6) is 5.88 Å². The van der Waals surface area contributed by atoms with Crippen molar-refractivity contribution < 1.29 is 24.5 Å². The fourth-order valence-electron chi connectivity index (χ4n) is 6.09. The quantitative estimate of drug-likeness (QED) is 0.263. The smallest absolute Gasteiger partial charge is 0.405 e. The van der Waals surface area contributed by atoms with Gasteiger partial charge in [0.15, 0.2) is 6.10 Å². The molecule has 2 aliphatic rings. The van der Waals surface area contributed by atoms with Crippen LogP contribution in [0.15, 0.2) is 42.6 Å². The maximum Gasteiger partial charge on any atom is 0.405 e. The minimum Gasteiger partial charge on any atom is -0.477 e. The summed E-state index contributed by atoms with van der Waals surface area (Å²) < 4.78 is 6.24. The van der Waals surface area contributed by atoms with E-state index in [9.17, 15) is 19.8 Å². The third-order valence-corrected chi connectivity index (χ3v) is 8.80. The van der Waals surface area contributed by atoms with E-state index in [1.807, 2.05) is 44.2 Å². The van der Waals surface area contributed by atoms with Gasteiger partial charge in [-0.05, 0) is 45.2 Å². The number of ether oxygens (including phenoxy) is 1. The van der Waals surface area contributed by atoms with Crippen molar-refractivity contribution in [1.29, 1.82) is 0 Å². The molecule has 2 heterocycles. The van der Waals surface area contributed by atoms with Gasteiger partial charge in [-0.1, -0.05) is 56.5 Å². The van der Waals surface area contributed by atoms with Gasteiger partial charge < -0.3 is 35.4 Å². The number of nitrogens with one attached hydrogen (secondary N) is 2. The minimum absolute atomic E-state index is 0.275. The number of hydrogen-bond donors (Lipinski definition) is 4. The predicted octanol–water partition coefficient (Wildman–Crippen LogP) is 3.60. The lowest BCUT2D eigenvalue weighted by molar-refractivity contribution is -0.137. The summed E-state index contributed by atoms with van der Waals surface area (Å²) in [5.74, 6) is 0.498. The second-order valence-corrected chi connectivity index (χ2v) is 12.0. The Labute approximate surface area is 248 Å². The largest absolute Gasteiger partial charge is 0.477 e. The topological polar surface area (TPSA) is 140 Å². The Hall–Kier alpha value is -3.44. The first-order chi connectivity index (χ1) is 20.2. The van der Waals surface area contributed by atoms with Crippen LogP contribution in [0.4, 0.5) is 10.7 Å². The molecular weight excluding hydrogens is 536 g/mol. The van der Waals surface area contributed by atoms with E-state index in [0.717, 1.165) is 57.4 Å². The Balaban J connectivity index is 1.51. The molecule has 1 aliphatic carbocycles. The van der Waals surface area contributed by atoms with Gasteiger partial charge in [-0.3, -0.25) is 4.79 Å². The molecule has 42 heavy (non-hydrogen) atoms. The van der Waals surface area contributed by atoms with Gasteiger partial charge in [0.25, 0.3) is 5.91 Å². The average molecular weight is 583 g/mol. The molecular formula is C31H46N6O5. The molecule has 11 heteroatoms. The summed E-state index contributed by atoms with van der Waals surface area (Å²) in [6.45, 7) is 7.71. The van der Waals surface area contributed by atoms with Crippen molar-refractivity contribution >= 4 is 17.9 Å². The molecule has 0 radical (unpaired) electrons. The molecule has 3 atom stereocenters. The number of aliphatic hydroxyl groups is 1. The van der Waals surface area contributed by atoms with Crippen LogP contribution in [0.2, 0.25) is 0 Å². The number of likely N-dealkylation sites (N-methyl/N-ethyl adjacent to an activating group) is 1. The lowest BCUT2D eigenvalue weighted by Crippen LogP contribution is -2.64. The van der Waals surface area contributed by atoms with E-state index < -0.39 is 29.1 Å². The number of aliphatic hydroxyl groups excluding tert-OH is 1. The van der Waals surface area contributed by atoms with Gasteiger partial charge in [-0.2, -0.15) is 4.98 Å². The zero-order valence-corrected chi connectivity index (χ0v) is 25.1. The van der Waals surface area contributed by atoms with E-state index in [4.69, 9.17) is 4.74 Å². The Morgan fingerprint density at radius 1 is 1.14 bits per heavy atom. The summed E-state index contributed by atoms with van der Waals surface area (Å²) in [4.78, 5) is 39.1. The summed E-state index contributed by atoms with van der Waals surface area (Å²) >= 11 is 0.